The first-order valence-electron chi connectivity index (χ1n) is 9.83. The Morgan fingerprint density at radius 2 is 1.97 bits per heavy atom. The molecule has 33 heavy (non-hydrogen) atoms. The first-order valence-corrected chi connectivity index (χ1v) is 9.83. The Hall–Kier alpha value is -4.02. The van der Waals surface area contributed by atoms with Gasteiger partial charge >= 0.3 is 12.1 Å². The number of ether oxygens (including phenoxy) is 1. The molecule has 0 amide bonds. The third kappa shape index (κ3) is 4.92. The summed E-state index contributed by atoms with van der Waals surface area (Å²) >= 11 is 0. The van der Waals surface area contributed by atoms with Gasteiger partial charge in [0.25, 0.3) is 11.4 Å². The topological polar surface area (TPSA) is 100 Å². The summed E-state index contributed by atoms with van der Waals surface area (Å²) < 4.78 is 49.9. The zero-order valence-corrected chi connectivity index (χ0v) is 17.3. The molecular formula is C22H17F3N4O4. The molecule has 170 valence electrons. The third-order valence-corrected chi connectivity index (χ3v) is 4.88. The second-order valence-corrected chi connectivity index (χ2v) is 7.22. The summed E-state index contributed by atoms with van der Waals surface area (Å²) in [6, 6.07) is 9.76. The van der Waals surface area contributed by atoms with Crippen LogP contribution in [-0.2, 0) is 28.9 Å². The summed E-state index contributed by atoms with van der Waals surface area (Å²) in [5.41, 5.74) is 0.490. The molecule has 0 atom stereocenters. The molecule has 0 unspecified atom stereocenters. The average molecular weight is 458 g/mol. The smallest absolute Gasteiger partial charge is 0.416 e. The van der Waals surface area contributed by atoms with Gasteiger partial charge in [-0.2, -0.15) is 18.2 Å². The largest absolute Gasteiger partial charge is 0.456 e. The van der Waals surface area contributed by atoms with Crippen molar-refractivity contribution < 1.29 is 27.2 Å². The number of benzene rings is 2. The summed E-state index contributed by atoms with van der Waals surface area (Å²) in [6.45, 7) is 1.56. The van der Waals surface area contributed by atoms with Gasteiger partial charge in [-0.05, 0) is 30.7 Å². The molecule has 0 saturated heterocycles. The highest BCUT2D eigenvalue weighted by molar-refractivity contribution is 5.80. The number of aryl methyl sites for hydroxylation is 2. The first kappa shape index (κ1) is 22.2. The van der Waals surface area contributed by atoms with Crippen molar-refractivity contribution in [2.45, 2.75) is 32.7 Å². The minimum Gasteiger partial charge on any atom is -0.456 e. The van der Waals surface area contributed by atoms with E-state index in [4.69, 9.17) is 9.26 Å². The maximum Gasteiger partial charge on any atom is 0.416 e. The lowest BCUT2D eigenvalue weighted by atomic mass is 10.1. The monoisotopic (exact) mass is 458 g/mol. The SMILES string of the molecule is Cc1cccc2c(=O)n(CCC(=O)OCc3nc(-c4cccc(C(F)(F)F)c4)no3)cnc12. The fourth-order valence-electron chi connectivity index (χ4n) is 3.19. The highest BCUT2D eigenvalue weighted by Crippen LogP contribution is 2.31. The number of hydrogen-bond acceptors (Lipinski definition) is 7. The summed E-state index contributed by atoms with van der Waals surface area (Å²) in [5.74, 6) is -0.753. The van der Waals surface area contributed by atoms with E-state index in [9.17, 15) is 22.8 Å². The van der Waals surface area contributed by atoms with Crippen molar-refractivity contribution in [3.8, 4) is 11.4 Å². The molecule has 0 saturated carbocycles. The molecule has 2 heterocycles. The second kappa shape index (κ2) is 8.85. The van der Waals surface area contributed by atoms with Gasteiger partial charge < -0.3 is 9.26 Å². The molecular weight excluding hydrogens is 441 g/mol. The fraction of sp³-hybridized carbons (Fsp3) is 0.227. The van der Waals surface area contributed by atoms with Gasteiger partial charge in [-0.25, -0.2) is 4.98 Å². The predicted molar refractivity (Wildman–Crippen MR) is 110 cm³/mol. The Labute approximate surface area is 184 Å². The number of carbonyl (C=O) groups is 1. The predicted octanol–water partition coefficient (Wildman–Crippen LogP) is 3.91. The number of para-hydroxylation sites is 1. The van der Waals surface area contributed by atoms with Crippen molar-refractivity contribution in [2.75, 3.05) is 0 Å². The van der Waals surface area contributed by atoms with Crippen LogP contribution in [0.15, 0.2) is 58.1 Å². The normalized spacial score (nSPS) is 11.6. The van der Waals surface area contributed by atoms with E-state index in [1.54, 1.807) is 12.1 Å². The Morgan fingerprint density at radius 1 is 1.18 bits per heavy atom. The number of halogens is 3. The number of esters is 1. The van der Waals surface area contributed by atoms with Crippen LogP contribution < -0.4 is 5.56 Å². The van der Waals surface area contributed by atoms with Crippen molar-refractivity contribution in [3.05, 3.63) is 76.2 Å². The number of fused-ring (bicyclic) bond motifs is 1. The number of aromatic nitrogens is 4. The number of nitrogens with zero attached hydrogens (tertiary/aromatic N) is 4. The van der Waals surface area contributed by atoms with Gasteiger partial charge in [-0.15, -0.1) is 0 Å². The van der Waals surface area contributed by atoms with Crippen LogP contribution in [0.4, 0.5) is 13.2 Å². The van der Waals surface area contributed by atoms with Crippen LogP contribution in [0.25, 0.3) is 22.3 Å². The highest BCUT2D eigenvalue weighted by Gasteiger charge is 2.30. The van der Waals surface area contributed by atoms with Crippen LogP contribution in [-0.4, -0.2) is 25.7 Å². The molecule has 0 aliphatic heterocycles. The summed E-state index contributed by atoms with van der Waals surface area (Å²) in [5, 5.41) is 4.09. The van der Waals surface area contributed by atoms with Gasteiger partial charge in [0, 0.05) is 12.1 Å². The summed E-state index contributed by atoms with van der Waals surface area (Å²) in [4.78, 5) is 32.9. The van der Waals surface area contributed by atoms with E-state index in [1.807, 2.05) is 13.0 Å². The van der Waals surface area contributed by atoms with E-state index >= 15 is 0 Å². The lowest BCUT2D eigenvalue weighted by Crippen LogP contribution is -2.22. The van der Waals surface area contributed by atoms with E-state index in [0.29, 0.717) is 10.9 Å². The van der Waals surface area contributed by atoms with Crippen molar-refractivity contribution in [2.24, 2.45) is 0 Å². The number of rotatable bonds is 6. The molecule has 2 aromatic carbocycles. The molecule has 4 rings (SSSR count). The van der Waals surface area contributed by atoms with Crippen molar-refractivity contribution >= 4 is 16.9 Å². The Kier molecular flexibility index (Phi) is 5.95. The fourth-order valence-corrected chi connectivity index (χ4v) is 3.19. The van der Waals surface area contributed by atoms with Gasteiger partial charge in [0.05, 0.1) is 29.2 Å². The molecule has 4 aromatic rings. The molecule has 0 bridgehead atoms. The Morgan fingerprint density at radius 3 is 2.76 bits per heavy atom. The van der Waals surface area contributed by atoms with E-state index in [1.165, 1.54) is 23.0 Å². The van der Waals surface area contributed by atoms with Crippen molar-refractivity contribution in [1.29, 1.82) is 0 Å². The lowest BCUT2D eigenvalue weighted by molar-refractivity contribution is -0.146. The van der Waals surface area contributed by atoms with Gasteiger partial charge in [-0.3, -0.25) is 14.2 Å². The van der Waals surface area contributed by atoms with Crippen LogP contribution in [0.2, 0.25) is 0 Å². The second-order valence-electron chi connectivity index (χ2n) is 7.22. The minimum atomic E-state index is -4.50. The third-order valence-electron chi connectivity index (χ3n) is 4.88. The van der Waals surface area contributed by atoms with E-state index < -0.39 is 17.7 Å². The van der Waals surface area contributed by atoms with E-state index in [2.05, 4.69) is 15.1 Å². The molecule has 8 nitrogen and oxygen atoms in total. The molecule has 11 heteroatoms. The maximum absolute atomic E-state index is 12.9. The molecule has 0 aliphatic rings. The number of alkyl halides is 3. The van der Waals surface area contributed by atoms with Gasteiger partial charge in [0.1, 0.15) is 0 Å². The highest BCUT2D eigenvalue weighted by atomic mass is 19.4. The molecule has 2 aromatic heterocycles. The van der Waals surface area contributed by atoms with Crippen molar-refractivity contribution in [3.63, 3.8) is 0 Å². The maximum atomic E-state index is 12.9. The van der Waals surface area contributed by atoms with E-state index in [0.717, 1.165) is 17.7 Å². The molecule has 0 aliphatic carbocycles. The van der Waals surface area contributed by atoms with Crippen LogP contribution in [0.3, 0.4) is 0 Å². The zero-order chi connectivity index (χ0) is 23.6. The van der Waals surface area contributed by atoms with Crippen LogP contribution >= 0.6 is 0 Å². The first-order chi connectivity index (χ1) is 15.7. The van der Waals surface area contributed by atoms with Crippen LogP contribution in [0, 0.1) is 6.92 Å². The molecule has 0 N–H and O–H groups in total. The Balaban J connectivity index is 1.36. The number of hydrogen-bond donors (Lipinski definition) is 0. The quantitative estimate of drug-likeness (QED) is 0.404. The van der Waals surface area contributed by atoms with Crippen LogP contribution in [0.1, 0.15) is 23.4 Å². The number of carbonyl (C=O) groups excluding carboxylic acids is 1. The molecule has 0 spiro atoms. The standard InChI is InChI=1S/C22H17F3N4O4/c1-13-4-2-7-16-19(13)26-12-29(21(16)31)9-8-18(30)32-11-17-27-20(28-33-17)14-5-3-6-15(10-14)22(23,24)25/h2-7,10,12H,8-9,11H2,1H3. The van der Waals surface area contributed by atoms with E-state index in [-0.39, 0.29) is 42.4 Å². The molecule has 0 radical (unpaired) electrons. The summed E-state index contributed by atoms with van der Waals surface area (Å²) in [6.07, 6.45) is -3.22. The summed E-state index contributed by atoms with van der Waals surface area (Å²) in [7, 11) is 0. The van der Waals surface area contributed by atoms with Crippen LogP contribution in [0.5, 0.6) is 0 Å². The van der Waals surface area contributed by atoms with Gasteiger partial charge in [0.2, 0.25) is 5.82 Å². The lowest BCUT2D eigenvalue weighted by Gasteiger charge is -2.07. The van der Waals surface area contributed by atoms with Crippen molar-refractivity contribution in [1.82, 2.24) is 19.7 Å². The molecule has 0 fully saturated rings. The minimum absolute atomic E-state index is 0.0590. The van der Waals surface area contributed by atoms with Gasteiger partial charge in [-0.1, -0.05) is 29.4 Å². The van der Waals surface area contributed by atoms with Gasteiger partial charge in [0.15, 0.2) is 6.61 Å². The average Bonchev–Trinajstić information content (AvgIpc) is 3.26. The zero-order valence-electron chi connectivity index (χ0n) is 17.3. The Bertz CT molecular complexity index is 1380.